The molecule has 2 aliphatic heterocycles. The number of nitrogens with one attached hydrogen (secondary N) is 1. The van der Waals surface area contributed by atoms with Gasteiger partial charge in [-0.15, -0.1) is 0 Å². The third-order valence-electron chi connectivity index (χ3n) is 6.13. The third-order valence-corrected chi connectivity index (χ3v) is 7.53. The van der Waals surface area contributed by atoms with E-state index < -0.39 is 10.0 Å². The standard InChI is InChI=1S/C24H31N3O4S/c1-2-31-22-11-9-20(10-12-22)25-32(29,30)23-13-7-19(8-14-23)24(28)27-17-5-6-21(27)18-26-15-3-4-16-26/h7-14,21,25H,2-6,15-18H2,1H3. The van der Waals surface area contributed by atoms with Gasteiger partial charge in [0.25, 0.3) is 15.9 Å². The number of carbonyl (C=O) groups excluding carboxylic acids is 1. The Morgan fingerprint density at radius 1 is 1.00 bits per heavy atom. The van der Waals surface area contributed by atoms with Crippen LogP contribution >= 0.6 is 0 Å². The molecule has 32 heavy (non-hydrogen) atoms. The summed E-state index contributed by atoms with van der Waals surface area (Å²) in [7, 11) is -3.75. The molecule has 0 bridgehead atoms. The number of benzene rings is 2. The van der Waals surface area contributed by atoms with Crippen LogP contribution in [0, 0.1) is 0 Å². The van der Waals surface area contributed by atoms with Crippen LogP contribution in [0.25, 0.3) is 0 Å². The second-order valence-corrected chi connectivity index (χ2v) is 10.1. The molecule has 8 heteroatoms. The quantitative estimate of drug-likeness (QED) is 0.655. The first kappa shape index (κ1) is 22.6. The number of ether oxygens (including phenoxy) is 1. The molecule has 2 aliphatic rings. The van der Waals surface area contributed by atoms with Crippen molar-refractivity contribution >= 4 is 21.6 Å². The highest BCUT2D eigenvalue weighted by atomic mass is 32.2. The number of likely N-dealkylation sites (tertiary alicyclic amines) is 2. The maximum atomic E-state index is 13.1. The molecule has 2 aromatic rings. The van der Waals surface area contributed by atoms with Gasteiger partial charge in [0.05, 0.1) is 11.5 Å². The zero-order valence-electron chi connectivity index (χ0n) is 18.5. The van der Waals surface area contributed by atoms with Gasteiger partial charge < -0.3 is 14.5 Å². The minimum Gasteiger partial charge on any atom is -0.494 e. The van der Waals surface area contributed by atoms with Gasteiger partial charge in [0.2, 0.25) is 0 Å². The van der Waals surface area contributed by atoms with E-state index in [1.54, 1.807) is 36.4 Å². The van der Waals surface area contributed by atoms with E-state index in [0.29, 0.717) is 23.6 Å². The van der Waals surface area contributed by atoms with Crippen molar-refractivity contribution in [1.29, 1.82) is 0 Å². The fraction of sp³-hybridized carbons (Fsp3) is 0.458. The molecule has 0 saturated carbocycles. The molecule has 2 heterocycles. The molecule has 1 atom stereocenters. The van der Waals surface area contributed by atoms with Crippen molar-refractivity contribution in [3.63, 3.8) is 0 Å². The normalized spacial score (nSPS) is 19.3. The lowest BCUT2D eigenvalue weighted by Gasteiger charge is -2.28. The van der Waals surface area contributed by atoms with Crippen LogP contribution < -0.4 is 9.46 Å². The SMILES string of the molecule is CCOc1ccc(NS(=O)(=O)c2ccc(C(=O)N3CCCC3CN3CCCC3)cc2)cc1. The molecule has 172 valence electrons. The number of carbonyl (C=O) groups is 1. The topological polar surface area (TPSA) is 78.9 Å². The van der Waals surface area contributed by atoms with E-state index in [-0.39, 0.29) is 16.8 Å². The van der Waals surface area contributed by atoms with Crippen LogP contribution in [0.5, 0.6) is 5.75 Å². The summed E-state index contributed by atoms with van der Waals surface area (Å²) in [6.45, 7) is 6.37. The Labute approximate surface area is 190 Å². The number of amides is 1. The molecule has 4 rings (SSSR count). The molecule has 2 saturated heterocycles. The Bertz CT molecular complexity index is 1020. The van der Waals surface area contributed by atoms with Crippen molar-refractivity contribution in [3.8, 4) is 5.75 Å². The minimum absolute atomic E-state index is 0.0184. The number of rotatable bonds is 8. The number of sulfonamides is 1. The predicted molar refractivity (Wildman–Crippen MR) is 125 cm³/mol. The lowest BCUT2D eigenvalue weighted by atomic mass is 10.1. The Balaban J connectivity index is 1.41. The molecule has 2 aromatic carbocycles. The zero-order chi connectivity index (χ0) is 22.6. The van der Waals surface area contributed by atoms with Gasteiger partial charge >= 0.3 is 0 Å². The van der Waals surface area contributed by atoms with E-state index in [1.165, 1.54) is 25.0 Å². The monoisotopic (exact) mass is 457 g/mol. The lowest BCUT2D eigenvalue weighted by Crippen LogP contribution is -2.42. The average Bonchev–Trinajstić information content (AvgIpc) is 3.47. The summed E-state index contributed by atoms with van der Waals surface area (Å²) in [5.74, 6) is 0.665. The van der Waals surface area contributed by atoms with E-state index >= 15 is 0 Å². The highest BCUT2D eigenvalue weighted by Gasteiger charge is 2.31. The Morgan fingerprint density at radius 3 is 2.34 bits per heavy atom. The second kappa shape index (κ2) is 9.92. The summed E-state index contributed by atoms with van der Waals surface area (Å²) in [6, 6.07) is 13.2. The average molecular weight is 458 g/mol. The van der Waals surface area contributed by atoms with Gasteiger partial charge in [0, 0.05) is 30.4 Å². The van der Waals surface area contributed by atoms with Crippen LogP contribution in [0.2, 0.25) is 0 Å². The van der Waals surface area contributed by atoms with Crippen molar-refractivity contribution in [2.75, 3.05) is 37.5 Å². The van der Waals surface area contributed by atoms with Crippen LogP contribution in [-0.4, -0.2) is 63.0 Å². The van der Waals surface area contributed by atoms with Crippen LogP contribution in [0.4, 0.5) is 5.69 Å². The molecule has 0 aliphatic carbocycles. The van der Waals surface area contributed by atoms with Crippen molar-refractivity contribution in [2.45, 2.75) is 43.5 Å². The highest BCUT2D eigenvalue weighted by Crippen LogP contribution is 2.24. The van der Waals surface area contributed by atoms with Gasteiger partial charge in [0.15, 0.2) is 0 Å². The zero-order valence-corrected chi connectivity index (χ0v) is 19.3. The first-order valence-electron chi connectivity index (χ1n) is 11.4. The molecule has 0 radical (unpaired) electrons. The molecule has 1 unspecified atom stereocenters. The van der Waals surface area contributed by atoms with Gasteiger partial charge in [0.1, 0.15) is 5.75 Å². The van der Waals surface area contributed by atoms with E-state index in [4.69, 9.17) is 4.74 Å². The Kier molecular flexibility index (Phi) is 7.01. The summed E-state index contributed by atoms with van der Waals surface area (Å²) < 4.78 is 33.5. The summed E-state index contributed by atoms with van der Waals surface area (Å²) in [4.78, 5) is 17.6. The van der Waals surface area contributed by atoms with Gasteiger partial charge in [-0.1, -0.05) is 0 Å². The number of hydrogen-bond acceptors (Lipinski definition) is 5. The van der Waals surface area contributed by atoms with Crippen molar-refractivity contribution in [3.05, 3.63) is 54.1 Å². The molecule has 1 amide bonds. The van der Waals surface area contributed by atoms with E-state index in [0.717, 1.165) is 39.0 Å². The van der Waals surface area contributed by atoms with Crippen LogP contribution in [0.3, 0.4) is 0 Å². The first-order chi connectivity index (χ1) is 15.5. The van der Waals surface area contributed by atoms with E-state index in [9.17, 15) is 13.2 Å². The molecule has 7 nitrogen and oxygen atoms in total. The predicted octanol–water partition coefficient (Wildman–Crippen LogP) is 3.59. The van der Waals surface area contributed by atoms with Gasteiger partial charge in [-0.3, -0.25) is 9.52 Å². The minimum atomic E-state index is -3.75. The number of hydrogen-bond donors (Lipinski definition) is 1. The van der Waals surface area contributed by atoms with Crippen LogP contribution in [0.15, 0.2) is 53.4 Å². The fourth-order valence-corrected chi connectivity index (χ4v) is 5.56. The second-order valence-electron chi connectivity index (χ2n) is 8.39. The molecule has 0 spiro atoms. The van der Waals surface area contributed by atoms with Crippen molar-refractivity contribution < 1.29 is 17.9 Å². The van der Waals surface area contributed by atoms with Gasteiger partial charge in [-0.25, -0.2) is 8.42 Å². The van der Waals surface area contributed by atoms with Crippen LogP contribution in [0.1, 0.15) is 43.0 Å². The van der Waals surface area contributed by atoms with Gasteiger partial charge in [-0.2, -0.15) is 0 Å². The number of anilines is 1. The maximum absolute atomic E-state index is 13.1. The molecule has 0 aromatic heterocycles. The summed E-state index contributed by atoms with van der Waals surface area (Å²) in [5.41, 5.74) is 0.980. The Morgan fingerprint density at radius 2 is 1.69 bits per heavy atom. The third kappa shape index (κ3) is 5.24. The maximum Gasteiger partial charge on any atom is 0.261 e. The van der Waals surface area contributed by atoms with Crippen molar-refractivity contribution in [2.24, 2.45) is 0 Å². The number of nitrogens with zero attached hydrogens (tertiary/aromatic N) is 2. The van der Waals surface area contributed by atoms with Gasteiger partial charge in [-0.05, 0) is 94.2 Å². The fourth-order valence-electron chi connectivity index (χ4n) is 4.50. The van der Waals surface area contributed by atoms with E-state index in [2.05, 4.69) is 9.62 Å². The molecule has 1 N–H and O–H groups in total. The summed E-state index contributed by atoms with van der Waals surface area (Å²) >= 11 is 0. The molecular weight excluding hydrogens is 426 g/mol. The first-order valence-corrected chi connectivity index (χ1v) is 12.8. The van der Waals surface area contributed by atoms with E-state index in [1.807, 2.05) is 11.8 Å². The smallest absolute Gasteiger partial charge is 0.261 e. The largest absolute Gasteiger partial charge is 0.494 e. The summed E-state index contributed by atoms with van der Waals surface area (Å²) in [6.07, 6.45) is 4.52. The molecule has 2 fully saturated rings. The summed E-state index contributed by atoms with van der Waals surface area (Å²) in [5, 5.41) is 0. The van der Waals surface area contributed by atoms with Crippen LogP contribution in [-0.2, 0) is 10.0 Å². The lowest BCUT2D eigenvalue weighted by molar-refractivity contribution is 0.0708. The molecular formula is C24H31N3O4S. The van der Waals surface area contributed by atoms with Crippen molar-refractivity contribution in [1.82, 2.24) is 9.80 Å². The highest BCUT2D eigenvalue weighted by molar-refractivity contribution is 7.92. The Hall–Kier alpha value is -2.58.